The molecule has 3 atom stereocenters. The van der Waals surface area contributed by atoms with Gasteiger partial charge in [0.2, 0.25) is 0 Å². The van der Waals surface area contributed by atoms with Gasteiger partial charge in [0.05, 0.1) is 13.2 Å². The second kappa shape index (κ2) is 6.47. The first kappa shape index (κ1) is 17.2. The van der Waals surface area contributed by atoms with Gasteiger partial charge in [0.25, 0.3) is 0 Å². The monoisotopic (exact) mass is 354 g/mol. The standard InChI is InChI=1S/C21H26N2O3/c1-4-13-11-23-9-8-14-19-16(6-5-7-18(19)24)22-20(14)17(23)10-15(13)12(2)21(25)26-3/h5-7,13,15,17,22,24H,2,4,8-11H2,1,3H3/t13-,15-,17+/m1/s1. The van der Waals surface area contributed by atoms with E-state index in [9.17, 15) is 9.90 Å². The van der Waals surface area contributed by atoms with Crippen LogP contribution >= 0.6 is 0 Å². The van der Waals surface area contributed by atoms with E-state index in [1.807, 2.05) is 12.1 Å². The fourth-order valence-electron chi connectivity index (χ4n) is 4.92. The Morgan fingerprint density at radius 2 is 2.27 bits per heavy atom. The zero-order valence-electron chi connectivity index (χ0n) is 15.4. The number of carbonyl (C=O) groups is 1. The number of carbonyl (C=O) groups excluding carboxylic acids is 1. The number of piperidine rings is 1. The van der Waals surface area contributed by atoms with Crippen LogP contribution in [-0.2, 0) is 16.0 Å². The molecule has 2 N–H and O–H groups in total. The van der Waals surface area contributed by atoms with Crippen molar-refractivity contribution in [2.24, 2.45) is 11.8 Å². The predicted molar refractivity (Wildman–Crippen MR) is 101 cm³/mol. The predicted octanol–water partition coefficient (Wildman–Crippen LogP) is 3.55. The molecule has 3 heterocycles. The SMILES string of the molecule is C=C(C(=O)OC)[C@H]1C[C@H]2c3[nH]c4cccc(O)c4c3CCN2C[C@H]1CC. The molecule has 1 saturated heterocycles. The van der Waals surface area contributed by atoms with Gasteiger partial charge in [-0.1, -0.05) is 26.0 Å². The van der Waals surface area contributed by atoms with Crippen LogP contribution in [0.4, 0.5) is 0 Å². The summed E-state index contributed by atoms with van der Waals surface area (Å²) in [5, 5.41) is 11.3. The zero-order chi connectivity index (χ0) is 18.4. The highest BCUT2D eigenvalue weighted by Crippen LogP contribution is 2.46. The number of fused-ring (bicyclic) bond motifs is 5. The van der Waals surface area contributed by atoms with Crippen LogP contribution in [0, 0.1) is 11.8 Å². The fourth-order valence-corrected chi connectivity index (χ4v) is 4.92. The highest BCUT2D eigenvalue weighted by atomic mass is 16.5. The summed E-state index contributed by atoms with van der Waals surface area (Å²) in [7, 11) is 1.42. The van der Waals surface area contributed by atoms with Crippen molar-refractivity contribution in [2.45, 2.75) is 32.2 Å². The number of esters is 1. The summed E-state index contributed by atoms with van der Waals surface area (Å²) in [5.41, 5.74) is 3.98. The maximum Gasteiger partial charge on any atom is 0.333 e. The van der Waals surface area contributed by atoms with E-state index < -0.39 is 0 Å². The third kappa shape index (κ3) is 2.53. The van der Waals surface area contributed by atoms with Crippen molar-refractivity contribution in [1.82, 2.24) is 9.88 Å². The van der Waals surface area contributed by atoms with Gasteiger partial charge in [-0.2, -0.15) is 0 Å². The van der Waals surface area contributed by atoms with E-state index in [0.29, 0.717) is 17.2 Å². The Balaban J connectivity index is 1.73. The van der Waals surface area contributed by atoms with Gasteiger partial charge in [0, 0.05) is 35.3 Å². The number of H-pyrrole nitrogens is 1. The number of hydrogen-bond acceptors (Lipinski definition) is 4. The van der Waals surface area contributed by atoms with Crippen LogP contribution in [0.5, 0.6) is 5.75 Å². The molecule has 2 aliphatic heterocycles. The van der Waals surface area contributed by atoms with E-state index >= 15 is 0 Å². The first-order valence-electron chi connectivity index (χ1n) is 9.38. The number of aromatic amines is 1. The number of benzene rings is 1. The molecule has 2 aliphatic rings. The lowest BCUT2D eigenvalue weighted by Gasteiger charge is -2.46. The molecule has 5 nitrogen and oxygen atoms in total. The van der Waals surface area contributed by atoms with Gasteiger partial charge < -0.3 is 14.8 Å². The molecule has 0 radical (unpaired) electrons. The van der Waals surface area contributed by atoms with Crippen molar-refractivity contribution in [3.05, 3.63) is 41.6 Å². The van der Waals surface area contributed by atoms with Crippen molar-refractivity contribution >= 4 is 16.9 Å². The Labute approximate surface area is 153 Å². The van der Waals surface area contributed by atoms with Crippen LogP contribution in [0.3, 0.4) is 0 Å². The number of phenolic OH excluding ortho intramolecular Hbond substituents is 1. The largest absolute Gasteiger partial charge is 0.507 e. The van der Waals surface area contributed by atoms with E-state index in [2.05, 4.69) is 23.4 Å². The third-order valence-corrected chi connectivity index (χ3v) is 6.30. The zero-order valence-corrected chi connectivity index (χ0v) is 15.4. The van der Waals surface area contributed by atoms with Gasteiger partial charge in [-0.25, -0.2) is 4.79 Å². The molecule has 1 fully saturated rings. The molecule has 1 aromatic carbocycles. The van der Waals surface area contributed by atoms with E-state index in [1.54, 1.807) is 6.07 Å². The molecule has 0 unspecified atom stereocenters. The molecule has 0 bridgehead atoms. The highest BCUT2D eigenvalue weighted by molar-refractivity contribution is 5.91. The molecular weight excluding hydrogens is 328 g/mol. The van der Waals surface area contributed by atoms with Crippen molar-refractivity contribution < 1.29 is 14.6 Å². The number of methoxy groups -OCH3 is 1. The third-order valence-electron chi connectivity index (χ3n) is 6.30. The molecule has 138 valence electrons. The Morgan fingerprint density at radius 3 is 3.00 bits per heavy atom. The molecule has 1 aromatic heterocycles. The van der Waals surface area contributed by atoms with Crippen LogP contribution in [0.1, 0.15) is 37.1 Å². The molecule has 2 aromatic rings. The number of hydrogen-bond donors (Lipinski definition) is 2. The molecule has 5 heteroatoms. The number of aromatic hydroxyl groups is 1. The Bertz CT molecular complexity index is 870. The first-order chi connectivity index (χ1) is 12.5. The van der Waals surface area contributed by atoms with Crippen molar-refractivity contribution in [3.8, 4) is 5.75 Å². The van der Waals surface area contributed by atoms with Gasteiger partial charge in [0.1, 0.15) is 5.75 Å². The second-order valence-electron chi connectivity index (χ2n) is 7.51. The molecule has 0 saturated carbocycles. The van der Waals surface area contributed by atoms with E-state index in [1.165, 1.54) is 18.4 Å². The van der Waals surface area contributed by atoms with E-state index in [4.69, 9.17) is 4.74 Å². The maximum absolute atomic E-state index is 12.1. The van der Waals surface area contributed by atoms with Crippen LogP contribution in [0.2, 0.25) is 0 Å². The quantitative estimate of drug-likeness (QED) is 0.653. The molecule has 4 rings (SSSR count). The van der Waals surface area contributed by atoms with E-state index in [-0.39, 0.29) is 17.9 Å². The van der Waals surface area contributed by atoms with Crippen LogP contribution < -0.4 is 0 Å². The number of nitrogens with zero attached hydrogens (tertiary/aromatic N) is 1. The molecular formula is C21H26N2O3. The van der Waals surface area contributed by atoms with Gasteiger partial charge in [0.15, 0.2) is 0 Å². The van der Waals surface area contributed by atoms with Crippen LogP contribution in [-0.4, -0.2) is 41.2 Å². The minimum Gasteiger partial charge on any atom is -0.507 e. The Morgan fingerprint density at radius 1 is 1.46 bits per heavy atom. The van der Waals surface area contributed by atoms with Crippen LogP contribution in [0.15, 0.2) is 30.4 Å². The minimum absolute atomic E-state index is 0.125. The number of aromatic nitrogens is 1. The molecule has 0 amide bonds. The summed E-state index contributed by atoms with van der Waals surface area (Å²) in [6.07, 6.45) is 2.81. The van der Waals surface area contributed by atoms with E-state index in [0.717, 1.165) is 43.3 Å². The van der Waals surface area contributed by atoms with Crippen molar-refractivity contribution in [2.75, 3.05) is 20.2 Å². The Hall–Kier alpha value is -2.27. The number of phenols is 1. The van der Waals surface area contributed by atoms with Gasteiger partial charge in [-0.05, 0) is 42.4 Å². The van der Waals surface area contributed by atoms with Crippen molar-refractivity contribution in [1.29, 1.82) is 0 Å². The highest BCUT2D eigenvalue weighted by Gasteiger charge is 2.41. The lowest BCUT2D eigenvalue weighted by Crippen LogP contribution is -2.46. The number of nitrogens with one attached hydrogen (secondary N) is 1. The fraction of sp³-hybridized carbons (Fsp3) is 0.476. The number of ether oxygens (including phenoxy) is 1. The summed E-state index contributed by atoms with van der Waals surface area (Å²) in [5.74, 6) is 0.579. The average Bonchev–Trinajstić information content (AvgIpc) is 3.05. The lowest BCUT2D eigenvalue weighted by atomic mass is 9.74. The average molecular weight is 354 g/mol. The summed E-state index contributed by atoms with van der Waals surface area (Å²) in [6, 6.07) is 5.85. The van der Waals surface area contributed by atoms with Gasteiger partial charge in [-0.3, -0.25) is 4.90 Å². The van der Waals surface area contributed by atoms with Crippen molar-refractivity contribution in [3.63, 3.8) is 0 Å². The second-order valence-corrected chi connectivity index (χ2v) is 7.51. The summed E-state index contributed by atoms with van der Waals surface area (Å²) < 4.78 is 4.93. The number of rotatable bonds is 3. The molecule has 0 spiro atoms. The summed E-state index contributed by atoms with van der Waals surface area (Å²) >= 11 is 0. The molecule has 0 aliphatic carbocycles. The summed E-state index contributed by atoms with van der Waals surface area (Å²) in [6.45, 7) is 8.17. The Kier molecular flexibility index (Phi) is 4.27. The normalized spacial score (nSPS) is 25.5. The lowest BCUT2D eigenvalue weighted by molar-refractivity contribution is -0.137. The first-order valence-corrected chi connectivity index (χ1v) is 9.38. The smallest absolute Gasteiger partial charge is 0.333 e. The topological polar surface area (TPSA) is 65.6 Å². The minimum atomic E-state index is -0.299. The van der Waals surface area contributed by atoms with Gasteiger partial charge >= 0.3 is 5.97 Å². The van der Waals surface area contributed by atoms with Crippen LogP contribution in [0.25, 0.3) is 10.9 Å². The maximum atomic E-state index is 12.1. The summed E-state index contributed by atoms with van der Waals surface area (Å²) in [4.78, 5) is 18.1. The molecule has 26 heavy (non-hydrogen) atoms. The van der Waals surface area contributed by atoms with Gasteiger partial charge in [-0.15, -0.1) is 0 Å².